The Morgan fingerprint density at radius 1 is 1.24 bits per heavy atom. The van der Waals surface area contributed by atoms with Crippen LogP contribution in [0.3, 0.4) is 0 Å². The van der Waals surface area contributed by atoms with Crippen molar-refractivity contribution in [2.24, 2.45) is 5.92 Å². The number of halogens is 1. The first-order valence-electron chi connectivity index (χ1n) is 6.00. The summed E-state index contributed by atoms with van der Waals surface area (Å²) < 4.78 is 0. The molecule has 2 unspecified atom stereocenters. The number of hydrogen-bond acceptors (Lipinski definition) is 1. The lowest BCUT2D eigenvalue weighted by molar-refractivity contribution is -0.121. The molecule has 0 fully saturated rings. The van der Waals surface area contributed by atoms with Gasteiger partial charge in [0.25, 0.3) is 0 Å². The van der Waals surface area contributed by atoms with E-state index in [0.717, 1.165) is 5.56 Å². The zero-order chi connectivity index (χ0) is 12.8. The molecule has 0 spiro atoms. The average molecular weight is 254 g/mol. The van der Waals surface area contributed by atoms with E-state index in [2.05, 4.69) is 19.2 Å². The maximum absolute atomic E-state index is 11.8. The van der Waals surface area contributed by atoms with Crippen molar-refractivity contribution in [1.29, 1.82) is 0 Å². The van der Waals surface area contributed by atoms with E-state index in [0.29, 0.717) is 12.3 Å². The van der Waals surface area contributed by atoms with Gasteiger partial charge < -0.3 is 5.32 Å². The van der Waals surface area contributed by atoms with Gasteiger partial charge >= 0.3 is 0 Å². The standard InChI is InChI=1S/C14H20ClNO/c1-10(2)9-13(15)14(17)16-11(3)12-7-5-4-6-8-12/h4-8,10-11,13H,9H2,1-3H3,(H,16,17). The number of benzene rings is 1. The van der Waals surface area contributed by atoms with Crippen molar-refractivity contribution in [2.45, 2.75) is 38.6 Å². The number of rotatable bonds is 5. The molecule has 2 nitrogen and oxygen atoms in total. The molecular formula is C14H20ClNO. The molecule has 0 aliphatic rings. The Kier molecular flexibility index (Phi) is 5.49. The first kappa shape index (κ1) is 14.0. The maximum Gasteiger partial charge on any atom is 0.238 e. The molecule has 1 aromatic rings. The SMILES string of the molecule is CC(C)CC(Cl)C(=O)NC(C)c1ccccc1. The fourth-order valence-corrected chi connectivity index (χ4v) is 2.07. The van der Waals surface area contributed by atoms with E-state index in [1.807, 2.05) is 37.3 Å². The molecule has 1 rings (SSSR count). The maximum atomic E-state index is 11.8. The summed E-state index contributed by atoms with van der Waals surface area (Å²) in [5, 5.41) is 2.49. The summed E-state index contributed by atoms with van der Waals surface area (Å²) in [6.07, 6.45) is 0.703. The summed E-state index contributed by atoms with van der Waals surface area (Å²) in [6, 6.07) is 9.88. The molecule has 0 radical (unpaired) electrons. The quantitative estimate of drug-likeness (QED) is 0.800. The fraction of sp³-hybridized carbons (Fsp3) is 0.500. The molecule has 1 N–H and O–H groups in total. The molecule has 0 heterocycles. The molecule has 0 saturated heterocycles. The second-order valence-corrected chi connectivity index (χ2v) is 5.26. The fourth-order valence-electron chi connectivity index (χ4n) is 1.65. The van der Waals surface area contributed by atoms with Gasteiger partial charge in [0.05, 0.1) is 6.04 Å². The molecule has 0 aromatic heterocycles. The zero-order valence-electron chi connectivity index (χ0n) is 10.6. The topological polar surface area (TPSA) is 29.1 Å². The monoisotopic (exact) mass is 253 g/mol. The van der Waals surface area contributed by atoms with Crippen LogP contribution in [0.25, 0.3) is 0 Å². The van der Waals surface area contributed by atoms with Crippen molar-refractivity contribution in [3.63, 3.8) is 0 Å². The van der Waals surface area contributed by atoms with Gasteiger partial charge in [-0.3, -0.25) is 4.79 Å². The van der Waals surface area contributed by atoms with Crippen molar-refractivity contribution < 1.29 is 4.79 Å². The normalized spacial score (nSPS) is 14.4. The molecule has 1 amide bonds. The summed E-state index contributed by atoms with van der Waals surface area (Å²) in [4.78, 5) is 11.8. The largest absolute Gasteiger partial charge is 0.348 e. The molecule has 3 heteroatoms. The number of carbonyl (C=O) groups excluding carboxylic acids is 1. The first-order valence-corrected chi connectivity index (χ1v) is 6.43. The van der Waals surface area contributed by atoms with Gasteiger partial charge in [0.2, 0.25) is 5.91 Å². The van der Waals surface area contributed by atoms with E-state index < -0.39 is 5.38 Å². The smallest absolute Gasteiger partial charge is 0.238 e. The van der Waals surface area contributed by atoms with Crippen molar-refractivity contribution in [2.75, 3.05) is 0 Å². The number of alkyl halides is 1. The Labute approximate surface area is 108 Å². The lowest BCUT2D eigenvalue weighted by Gasteiger charge is -2.17. The van der Waals surface area contributed by atoms with E-state index in [9.17, 15) is 4.79 Å². The van der Waals surface area contributed by atoms with Crippen LogP contribution in [0.1, 0.15) is 38.8 Å². The minimum Gasteiger partial charge on any atom is -0.348 e. The van der Waals surface area contributed by atoms with Crippen molar-refractivity contribution in [3.05, 3.63) is 35.9 Å². The zero-order valence-corrected chi connectivity index (χ0v) is 11.4. The minimum absolute atomic E-state index is 0.00267. The number of amides is 1. The second-order valence-electron chi connectivity index (χ2n) is 4.74. The molecule has 1 aromatic carbocycles. The lowest BCUT2D eigenvalue weighted by atomic mass is 10.1. The van der Waals surface area contributed by atoms with Crippen LogP contribution < -0.4 is 5.32 Å². The summed E-state index contributed by atoms with van der Waals surface area (Å²) in [5.74, 6) is 0.340. The van der Waals surface area contributed by atoms with E-state index in [4.69, 9.17) is 11.6 Å². The average Bonchev–Trinajstić information content (AvgIpc) is 2.29. The molecule has 0 saturated carbocycles. The van der Waals surface area contributed by atoms with Crippen LogP contribution in [-0.4, -0.2) is 11.3 Å². The van der Waals surface area contributed by atoms with E-state index in [1.54, 1.807) is 0 Å². The third-order valence-electron chi connectivity index (χ3n) is 2.62. The lowest BCUT2D eigenvalue weighted by Crippen LogP contribution is -2.34. The van der Waals surface area contributed by atoms with Gasteiger partial charge in [-0.25, -0.2) is 0 Å². The van der Waals surface area contributed by atoms with Crippen LogP contribution in [0.4, 0.5) is 0 Å². The van der Waals surface area contributed by atoms with Crippen LogP contribution in [0.2, 0.25) is 0 Å². The van der Waals surface area contributed by atoms with Gasteiger partial charge in [0.1, 0.15) is 5.38 Å². The van der Waals surface area contributed by atoms with E-state index in [1.165, 1.54) is 0 Å². The summed E-state index contributed by atoms with van der Waals surface area (Å²) in [6.45, 7) is 6.08. The molecule has 94 valence electrons. The Balaban J connectivity index is 2.51. The molecule has 0 aliphatic heterocycles. The highest BCUT2D eigenvalue weighted by Gasteiger charge is 2.18. The molecule has 2 atom stereocenters. The summed E-state index contributed by atoms with van der Waals surface area (Å²) >= 11 is 6.05. The van der Waals surface area contributed by atoms with Crippen molar-refractivity contribution in [3.8, 4) is 0 Å². The van der Waals surface area contributed by atoms with Gasteiger partial charge in [0.15, 0.2) is 0 Å². The molecule has 17 heavy (non-hydrogen) atoms. The van der Waals surface area contributed by atoms with Gasteiger partial charge in [-0.2, -0.15) is 0 Å². The van der Waals surface area contributed by atoms with E-state index in [-0.39, 0.29) is 11.9 Å². The highest BCUT2D eigenvalue weighted by Crippen LogP contribution is 2.15. The van der Waals surface area contributed by atoms with Gasteiger partial charge in [-0.1, -0.05) is 44.2 Å². The van der Waals surface area contributed by atoms with E-state index >= 15 is 0 Å². The van der Waals surface area contributed by atoms with Crippen LogP contribution in [-0.2, 0) is 4.79 Å². The highest BCUT2D eigenvalue weighted by atomic mass is 35.5. The summed E-state index contributed by atoms with van der Waals surface area (Å²) in [7, 11) is 0. The molecular weight excluding hydrogens is 234 g/mol. The van der Waals surface area contributed by atoms with Crippen LogP contribution >= 0.6 is 11.6 Å². The Hall–Kier alpha value is -1.02. The van der Waals surface area contributed by atoms with Crippen LogP contribution in [0.5, 0.6) is 0 Å². The number of nitrogens with one attached hydrogen (secondary N) is 1. The third kappa shape index (κ3) is 4.78. The predicted molar refractivity (Wildman–Crippen MR) is 72.1 cm³/mol. The molecule has 0 bridgehead atoms. The third-order valence-corrected chi connectivity index (χ3v) is 3.00. The highest BCUT2D eigenvalue weighted by molar-refractivity contribution is 6.30. The Morgan fingerprint density at radius 2 is 1.82 bits per heavy atom. The molecule has 0 aliphatic carbocycles. The van der Waals surface area contributed by atoms with Crippen molar-refractivity contribution >= 4 is 17.5 Å². The number of carbonyl (C=O) groups is 1. The summed E-state index contributed by atoms with van der Waals surface area (Å²) in [5.41, 5.74) is 1.09. The van der Waals surface area contributed by atoms with Crippen LogP contribution in [0, 0.1) is 5.92 Å². The van der Waals surface area contributed by atoms with Gasteiger partial charge in [-0.05, 0) is 24.8 Å². The number of hydrogen-bond donors (Lipinski definition) is 1. The van der Waals surface area contributed by atoms with Crippen molar-refractivity contribution in [1.82, 2.24) is 5.32 Å². The van der Waals surface area contributed by atoms with Crippen LogP contribution in [0.15, 0.2) is 30.3 Å². The van der Waals surface area contributed by atoms with Gasteiger partial charge in [-0.15, -0.1) is 11.6 Å². The predicted octanol–water partition coefficient (Wildman–Crippen LogP) is 3.52. The Morgan fingerprint density at radius 3 is 2.35 bits per heavy atom. The van der Waals surface area contributed by atoms with Gasteiger partial charge in [0, 0.05) is 0 Å². The minimum atomic E-state index is -0.443. The second kappa shape index (κ2) is 6.65. The first-order chi connectivity index (χ1) is 8.00. The Bertz CT molecular complexity index is 350.